The summed E-state index contributed by atoms with van der Waals surface area (Å²) in [6.45, 7) is 9.86. The van der Waals surface area contributed by atoms with Crippen LogP contribution in [0.4, 0.5) is 5.69 Å². The van der Waals surface area contributed by atoms with Gasteiger partial charge in [-0.05, 0) is 48.9 Å². The molecular formula is C19H28N2. The molecule has 2 rings (SSSR count). The van der Waals surface area contributed by atoms with Gasteiger partial charge >= 0.3 is 0 Å². The zero-order valence-corrected chi connectivity index (χ0v) is 13.9. The normalized spacial score (nSPS) is 11.3. The van der Waals surface area contributed by atoms with Gasteiger partial charge in [0, 0.05) is 23.3 Å². The average Bonchev–Trinajstić information content (AvgIpc) is 2.50. The van der Waals surface area contributed by atoms with Gasteiger partial charge in [0.25, 0.3) is 0 Å². The predicted molar refractivity (Wildman–Crippen MR) is 93.2 cm³/mol. The maximum atomic E-state index is 4.82. The second kappa shape index (κ2) is 7.44. The van der Waals surface area contributed by atoms with E-state index >= 15 is 0 Å². The van der Waals surface area contributed by atoms with Crippen molar-refractivity contribution in [3.8, 4) is 0 Å². The molecule has 1 aromatic carbocycles. The number of nitrogens with one attached hydrogen (secondary N) is 1. The third-order valence-electron chi connectivity index (χ3n) is 3.87. The molecule has 0 unspecified atom stereocenters. The monoisotopic (exact) mass is 284 g/mol. The van der Waals surface area contributed by atoms with Crippen molar-refractivity contribution in [1.29, 1.82) is 0 Å². The highest BCUT2D eigenvalue weighted by Crippen LogP contribution is 2.27. The van der Waals surface area contributed by atoms with Crippen LogP contribution in [0.25, 0.3) is 10.9 Å². The minimum Gasteiger partial charge on any atom is -0.384 e. The van der Waals surface area contributed by atoms with E-state index in [1.165, 1.54) is 35.2 Å². The van der Waals surface area contributed by atoms with Gasteiger partial charge < -0.3 is 5.32 Å². The highest BCUT2D eigenvalue weighted by molar-refractivity contribution is 5.92. The SMILES string of the molecule is CCCCc1ccc2nc(C(C)C)cc(NCCC)c2c1. The van der Waals surface area contributed by atoms with Gasteiger partial charge in [-0.1, -0.05) is 40.2 Å². The van der Waals surface area contributed by atoms with Crippen LogP contribution in [0.15, 0.2) is 24.3 Å². The first kappa shape index (κ1) is 15.8. The van der Waals surface area contributed by atoms with Gasteiger partial charge in [0.1, 0.15) is 0 Å². The molecule has 0 radical (unpaired) electrons. The number of benzene rings is 1. The second-order valence-electron chi connectivity index (χ2n) is 6.13. The standard InChI is InChI=1S/C19H28N2/c1-5-7-8-15-9-10-17-16(12-15)19(20-11-6-2)13-18(21-17)14(3)4/h9-10,12-14H,5-8,11H2,1-4H3,(H,20,21). The maximum absolute atomic E-state index is 4.82. The van der Waals surface area contributed by atoms with Crippen LogP contribution < -0.4 is 5.32 Å². The summed E-state index contributed by atoms with van der Waals surface area (Å²) < 4.78 is 0. The topological polar surface area (TPSA) is 24.9 Å². The summed E-state index contributed by atoms with van der Waals surface area (Å²) in [6, 6.07) is 8.97. The zero-order valence-electron chi connectivity index (χ0n) is 13.9. The molecule has 1 aromatic heterocycles. The van der Waals surface area contributed by atoms with E-state index < -0.39 is 0 Å². The maximum Gasteiger partial charge on any atom is 0.0726 e. The first-order valence-electron chi connectivity index (χ1n) is 8.33. The number of nitrogens with zero attached hydrogens (tertiary/aromatic N) is 1. The summed E-state index contributed by atoms with van der Waals surface area (Å²) in [7, 11) is 0. The Morgan fingerprint density at radius 1 is 1.10 bits per heavy atom. The molecule has 0 amide bonds. The molecular weight excluding hydrogens is 256 g/mol. The zero-order chi connectivity index (χ0) is 15.2. The molecule has 0 saturated heterocycles. The van der Waals surface area contributed by atoms with Crippen molar-refractivity contribution in [1.82, 2.24) is 4.98 Å². The van der Waals surface area contributed by atoms with Gasteiger partial charge in [-0.15, -0.1) is 0 Å². The predicted octanol–water partition coefficient (Wildman–Crippen LogP) is 5.52. The van der Waals surface area contributed by atoms with Gasteiger partial charge in [0.05, 0.1) is 5.52 Å². The highest BCUT2D eigenvalue weighted by Gasteiger charge is 2.09. The van der Waals surface area contributed by atoms with Crippen molar-refractivity contribution >= 4 is 16.6 Å². The van der Waals surface area contributed by atoms with Gasteiger partial charge in [-0.3, -0.25) is 4.98 Å². The number of aromatic nitrogens is 1. The van der Waals surface area contributed by atoms with Crippen molar-refractivity contribution in [3.63, 3.8) is 0 Å². The molecule has 0 aliphatic rings. The summed E-state index contributed by atoms with van der Waals surface area (Å²) in [4.78, 5) is 4.82. The Morgan fingerprint density at radius 2 is 1.90 bits per heavy atom. The lowest BCUT2D eigenvalue weighted by atomic mass is 10.0. The fraction of sp³-hybridized carbons (Fsp3) is 0.526. The van der Waals surface area contributed by atoms with Crippen molar-refractivity contribution < 1.29 is 0 Å². The van der Waals surface area contributed by atoms with Crippen molar-refractivity contribution in [2.45, 2.75) is 59.3 Å². The van der Waals surface area contributed by atoms with Crippen LogP contribution in [-0.2, 0) is 6.42 Å². The quantitative estimate of drug-likeness (QED) is 0.723. The lowest BCUT2D eigenvalue weighted by Gasteiger charge is -2.14. The first-order chi connectivity index (χ1) is 10.2. The van der Waals surface area contributed by atoms with Gasteiger partial charge in [-0.2, -0.15) is 0 Å². The molecule has 0 spiro atoms. The lowest BCUT2D eigenvalue weighted by Crippen LogP contribution is -2.04. The van der Waals surface area contributed by atoms with Crippen molar-refractivity contribution in [2.24, 2.45) is 0 Å². The minimum absolute atomic E-state index is 0.455. The molecule has 0 aliphatic heterocycles. The molecule has 2 aromatic rings. The second-order valence-corrected chi connectivity index (χ2v) is 6.13. The largest absolute Gasteiger partial charge is 0.384 e. The Hall–Kier alpha value is -1.57. The average molecular weight is 284 g/mol. The van der Waals surface area contributed by atoms with Gasteiger partial charge in [0.2, 0.25) is 0 Å². The van der Waals surface area contributed by atoms with Crippen LogP contribution in [0.5, 0.6) is 0 Å². The molecule has 114 valence electrons. The third kappa shape index (κ3) is 3.96. The molecule has 0 aliphatic carbocycles. The van der Waals surface area contributed by atoms with Crippen molar-refractivity contribution in [3.05, 3.63) is 35.5 Å². The summed E-state index contributed by atoms with van der Waals surface area (Å²) in [5.74, 6) is 0.455. The fourth-order valence-electron chi connectivity index (χ4n) is 2.53. The first-order valence-corrected chi connectivity index (χ1v) is 8.33. The fourth-order valence-corrected chi connectivity index (χ4v) is 2.53. The molecule has 0 fully saturated rings. The van der Waals surface area contributed by atoms with E-state index in [1.807, 2.05) is 0 Å². The number of hydrogen-bond acceptors (Lipinski definition) is 2. The Labute approximate surface area is 129 Å². The number of fused-ring (bicyclic) bond motifs is 1. The number of rotatable bonds is 7. The van der Waals surface area contributed by atoms with Gasteiger partial charge in [0.15, 0.2) is 0 Å². The van der Waals surface area contributed by atoms with Crippen LogP contribution in [0.1, 0.15) is 64.1 Å². The third-order valence-corrected chi connectivity index (χ3v) is 3.87. The van der Waals surface area contributed by atoms with Gasteiger partial charge in [-0.25, -0.2) is 0 Å². The van der Waals surface area contributed by atoms with Crippen molar-refractivity contribution in [2.75, 3.05) is 11.9 Å². The van der Waals surface area contributed by atoms with E-state index in [4.69, 9.17) is 4.98 Å². The molecule has 21 heavy (non-hydrogen) atoms. The van der Waals surface area contributed by atoms with E-state index in [-0.39, 0.29) is 0 Å². The van der Waals surface area contributed by atoms with E-state index in [9.17, 15) is 0 Å². The minimum atomic E-state index is 0.455. The molecule has 0 saturated carbocycles. The number of pyridine rings is 1. The summed E-state index contributed by atoms with van der Waals surface area (Å²) in [5, 5.41) is 4.84. The molecule has 2 nitrogen and oxygen atoms in total. The summed E-state index contributed by atoms with van der Waals surface area (Å²) >= 11 is 0. The molecule has 2 heteroatoms. The Balaban J connectivity index is 2.45. The van der Waals surface area contributed by atoms with E-state index in [2.05, 4.69) is 57.3 Å². The summed E-state index contributed by atoms with van der Waals surface area (Å²) in [6.07, 6.45) is 4.78. The van der Waals surface area contributed by atoms with Crippen LogP contribution in [-0.4, -0.2) is 11.5 Å². The van der Waals surface area contributed by atoms with Crippen LogP contribution >= 0.6 is 0 Å². The lowest BCUT2D eigenvalue weighted by molar-refractivity contribution is 0.795. The van der Waals surface area contributed by atoms with E-state index in [0.29, 0.717) is 5.92 Å². The van der Waals surface area contributed by atoms with Crippen LogP contribution in [0, 0.1) is 0 Å². The summed E-state index contributed by atoms with van der Waals surface area (Å²) in [5.41, 5.74) is 4.94. The molecule has 1 heterocycles. The Bertz CT molecular complexity index is 587. The van der Waals surface area contributed by atoms with Crippen LogP contribution in [0.3, 0.4) is 0 Å². The Morgan fingerprint density at radius 3 is 2.57 bits per heavy atom. The smallest absolute Gasteiger partial charge is 0.0726 e. The number of anilines is 1. The van der Waals surface area contributed by atoms with E-state index in [0.717, 1.165) is 24.9 Å². The molecule has 1 N–H and O–H groups in total. The highest BCUT2D eigenvalue weighted by atomic mass is 14.9. The Kier molecular flexibility index (Phi) is 5.60. The number of hydrogen-bond donors (Lipinski definition) is 1. The molecule has 0 atom stereocenters. The number of aryl methyl sites for hydroxylation is 1. The van der Waals surface area contributed by atoms with Crippen LogP contribution in [0.2, 0.25) is 0 Å². The molecule has 0 bridgehead atoms. The number of unbranched alkanes of at least 4 members (excludes halogenated alkanes) is 1. The van der Waals surface area contributed by atoms with E-state index in [1.54, 1.807) is 0 Å².